The van der Waals surface area contributed by atoms with Crippen LogP contribution in [-0.2, 0) is 7.05 Å². The van der Waals surface area contributed by atoms with Crippen LogP contribution in [0, 0.1) is 0 Å². The van der Waals surface area contributed by atoms with Gasteiger partial charge in [-0.15, -0.1) is 0 Å². The van der Waals surface area contributed by atoms with Crippen LogP contribution in [0.5, 0.6) is 6.01 Å². The molecule has 2 aromatic rings. The first-order valence-corrected chi connectivity index (χ1v) is 5.09. The molecule has 7 heteroatoms. The van der Waals surface area contributed by atoms with Crippen molar-refractivity contribution in [1.82, 2.24) is 19.5 Å². The van der Waals surface area contributed by atoms with Crippen LogP contribution in [0.25, 0.3) is 11.3 Å². The molecule has 2 rings (SSSR count). The molecule has 0 radical (unpaired) electrons. The van der Waals surface area contributed by atoms with E-state index in [4.69, 9.17) is 16.3 Å². The average Bonchev–Trinajstić information content (AvgIpc) is 2.34. The number of aromatic nitrogens is 4. The molecular weight excluding hydrogens is 244 g/mol. The second kappa shape index (κ2) is 4.50. The molecule has 0 unspecified atom stereocenters. The molecule has 0 aliphatic rings. The van der Waals surface area contributed by atoms with Crippen LogP contribution in [0.15, 0.2) is 23.3 Å². The molecule has 0 aliphatic heterocycles. The Morgan fingerprint density at radius 1 is 1.35 bits per heavy atom. The maximum absolute atomic E-state index is 11.5. The first-order valence-electron chi connectivity index (χ1n) is 4.72. The number of rotatable bonds is 2. The Hall–Kier alpha value is -1.95. The largest absolute Gasteiger partial charge is 0.467 e. The molecule has 6 nitrogen and oxygen atoms in total. The van der Waals surface area contributed by atoms with E-state index in [1.54, 1.807) is 25.5 Å². The molecule has 2 heterocycles. The molecule has 88 valence electrons. The number of hydrogen-bond acceptors (Lipinski definition) is 5. The van der Waals surface area contributed by atoms with E-state index in [1.807, 2.05) is 0 Å². The van der Waals surface area contributed by atoms with E-state index in [0.717, 1.165) is 0 Å². The van der Waals surface area contributed by atoms with Crippen molar-refractivity contribution in [2.75, 3.05) is 7.11 Å². The van der Waals surface area contributed by atoms with E-state index in [9.17, 15) is 4.79 Å². The van der Waals surface area contributed by atoms with Gasteiger partial charge in [-0.1, -0.05) is 11.6 Å². The first kappa shape index (κ1) is 11.5. The molecule has 2 aromatic heterocycles. The summed E-state index contributed by atoms with van der Waals surface area (Å²) in [6.07, 6.45) is 3.11. The highest BCUT2D eigenvalue weighted by molar-refractivity contribution is 6.29. The lowest BCUT2D eigenvalue weighted by Gasteiger charge is -2.07. The van der Waals surface area contributed by atoms with Gasteiger partial charge in [0.15, 0.2) is 0 Å². The number of halogens is 1. The van der Waals surface area contributed by atoms with Crippen LogP contribution in [0.4, 0.5) is 0 Å². The molecule has 0 saturated carbocycles. The third kappa shape index (κ3) is 2.26. The maximum Gasteiger partial charge on any atom is 0.349 e. The molecule has 0 amide bonds. The van der Waals surface area contributed by atoms with Gasteiger partial charge in [-0.25, -0.2) is 14.8 Å². The van der Waals surface area contributed by atoms with Crippen LogP contribution in [0.3, 0.4) is 0 Å². The van der Waals surface area contributed by atoms with Gasteiger partial charge < -0.3 is 4.74 Å². The number of ether oxygens (including phenoxy) is 1. The number of nitrogens with zero attached hydrogens (tertiary/aromatic N) is 4. The summed E-state index contributed by atoms with van der Waals surface area (Å²) in [5.41, 5.74) is 0.829. The van der Waals surface area contributed by atoms with Crippen LogP contribution in [0.1, 0.15) is 0 Å². The van der Waals surface area contributed by atoms with Gasteiger partial charge in [-0.3, -0.25) is 4.57 Å². The molecule has 0 N–H and O–H groups in total. The summed E-state index contributed by atoms with van der Waals surface area (Å²) in [5, 5.41) is 0.138. The smallest absolute Gasteiger partial charge is 0.349 e. The minimum absolute atomic E-state index is 0.138. The second-order valence-corrected chi connectivity index (χ2v) is 3.65. The minimum atomic E-state index is -0.427. The van der Waals surface area contributed by atoms with Crippen molar-refractivity contribution >= 4 is 11.6 Å². The Labute approximate surface area is 102 Å². The fourth-order valence-corrected chi connectivity index (χ4v) is 1.52. The van der Waals surface area contributed by atoms with E-state index in [2.05, 4.69) is 15.0 Å². The summed E-state index contributed by atoms with van der Waals surface area (Å²) in [6, 6.07) is 1.84. The summed E-state index contributed by atoms with van der Waals surface area (Å²) in [6.45, 7) is 0. The Morgan fingerprint density at radius 2 is 2.00 bits per heavy atom. The third-order valence-electron chi connectivity index (χ3n) is 2.21. The predicted molar refractivity (Wildman–Crippen MR) is 62.1 cm³/mol. The Balaban J connectivity index is 2.56. The Bertz CT molecular complexity index is 594. The highest BCUT2D eigenvalue weighted by Crippen LogP contribution is 2.18. The van der Waals surface area contributed by atoms with Crippen LogP contribution in [-0.4, -0.2) is 26.6 Å². The first-order chi connectivity index (χ1) is 8.11. The SMILES string of the molecule is COc1ncc(-c2cc(Cl)nc(=O)n2C)cn1. The predicted octanol–water partition coefficient (Wildman–Crippen LogP) is 0.899. The topological polar surface area (TPSA) is 69.9 Å². The van der Waals surface area contributed by atoms with Crippen molar-refractivity contribution in [2.24, 2.45) is 7.05 Å². The molecule has 0 aliphatic carbocycles. The Kier molecular flexibility index (Phi) is 3.06. The lowest BCUT2D eigenvalue weighted by atomic mass is 10.2. The third-order valence-corrected chi connectivity index (χ3v) is 2.41. The van der Waals surface area contributed by atoms with Crippen molar-refractivity contribution in [2.45, 2.75) is 0 Å². The highest BCUT2D eigenvalue weighted by atomic mass is 35.5. The maximum atomic E-state index is 11.5. The van der Waals surface area contributed by atoms with Crippen LogP contribution in [0.2, 0.25) is 5.15 Å². The van der Waals surface area contributed by atoms with Crippen LogP contribution >= 0.6 is 11.6 Å². The molecule has 0 bridgehead atoms. The lowest BCUT2D eigenvalue weighted by molar-refractivity contribution is 0.380. The molecule has 0 spiro atoms. The molecule has 17 heavy (non-hydrogen) atoms. The van der Waals surface area contributed by atoms with Gasteiger partial charge in [0.25, 0.3) is 0 Å². The molecule has 0 atom stereocenters. The van der Waals surface area contributed by atoms with Crippen molar-refractivity contribution < 1.29 is 4.74 Å². The van der Waals surface area contributed by atoms with E-state index in [1.165, 1.54) is 11.7 Å². The van der Waals surface area contributed by atoms with Crippen molar-refractivity contribution in [3.8, 4) is 17.3 Å². The van der Waals surface area contributed by atoms with Gasteiger partial charge in [-0.2, -0.15) is 4.98 Å². The van der Waals surface area contributed by atoms with Gasteiger partial charge in [0, 0.05) is 31.1 Å². The monoisotopic (exact) mass is 252 g/mol. The molecule has 0 saturated heterocycles. The fraction of sp³-hybridized carbons (Fsp3) is 0.200. The zero-order valence-corrected chi connectivity index (χ0v) is 9.97. The number of methoxy groups -OCH3 is 1. The summed E-state index contributed by atoms with van der Waals surface area (Å²) in [4.78, 5) is 23.0. The quantitative estimate of drug-likeness (QED) is 0.743. The zero-order chi connectivity index (χ0) is 12.4. The van der Waals surface area contributed by atoms with Crippen molar-refractivity contribution in [3.05, 3.63) is 34.1 Å². The lowest BCUT2D eigenvalue weighted by Crippen LogP contribution is -2.21. The average molecular weight is 253 g/mol. The summed E-state index contributed by atoms with van der Waals surface area (Å²) < 4.78 is 6.23. The molecule has 0 fully saturated rings. The Morgan fingerprint density at radius 3 is 2.59 bits per heavy atom. The van der Waals surface area contributed by atoms with E-state index < -0.39 is 5.69 Å². The highest BCUT2D eigenvalue weighted by Gasteiger charge is 2.07. The fourth-order valence-electron chi connectivity index (χ4n) is 1.34. The number of hydrogen-bond donors (Lipinski definition) is 0. The van der Waals surface area contributed by atoms with Crippen LogP contribution < -0.4 is 10.4 Å². The molecular formula is C10H9ClN4O2. The van der Waals surface area contributed by atoms with Gasteiger partial charge in [0.2, 0.25) is 0 Å². The second-order valence-electron chi connectivity index (χ2n) is 3.26. The summed E-state index contributed by atoms with van der Waals surface area (Å²) >= 11 is 5.74. The van der Waals surface area contributed by atoms with Gasteiger partial charge in [0.1, 0.15) is 5.15 Å². The van der Waals surface area contributed by atoms with Crippen molar-refractivity contribution in [3.63, 3.8) is 0 Å². The van der Waals surface area contributed by atoms with E-state index >= 15 is 0 Å². The zero-order valence-electron chi connectivity index (χ0n) is 9.22. The summed E-state index contributed by atoms with van der Waals surface area (Å²) in [7, 11) is 3.08. The van der Waals surface area contributed by atoms with Crippen molar-refractivity contribution in [1.29, 1.82) is 0 Å². The molecule has 0 aromatic carbocycles. The normalized spacial score (nSPS) is 10.3. The minimum Gasteiger partial charge on any atom is -0.467 e. The van der Waals surface area contributed by atoms with E-state index in [0.29, 0.717) is 11.3 Å². The van der Waals surface area contributed by atoms with Gasteiger partial charge in [0.05, 0.1) is 12.8 Å². The van der Waals surface area contributed by atoms with E-state index in [-0.39, 0.29) is 11.2 Å². The van der Waals surface area contributed by atoms with Gasteiger partial charge >= 0.3 is 11.7 Å². The summed E-state index contributed by atoms with van der Waals surface area (Å²) in [5.74, 6) is 0. The van der Waals surface area contributed by atoms with Gasteiger partial charge in [-0.05, 0) is 0 Å². The standard InChI is InChI=1S/C10H9ClN4O2/c1-15-7(3-8(11)14-10(15)16)6-4-12-9(17-2)13-5-6/h3-5H,1-2H3.